The van der Waals surface area contributed by atoms with Crippen molar-refractivity contribution >= 4 is 22.8 Å². The zero-order valence-electron chi connectivity index (χ0n) is 21.2. The summed E-state index contributed by atoms with van der Waals surface area (Å²) in [5, 5.41) is 0.947. The Balaban J connectivity index is 1.33. The van der Waals surface area contributed by atoms with Gasteiger partial charge in [-0.05, 0) is 48.7 Å². The van der Waals surface area contributed by atoms with Gasteiger partial charge in [-0.15, -0.1) is 0 Å². The minimum atomic E-state index is -4.54. The van der Waals surface area contributed by atoms with Crippen LogP contribution >= 0.6 is 0 Å². The molecule has 1 saturated carbocycles. The van der Waals surface area contributed by atoms with Crippen molar-refractivity contribution < 1.29 is 37.0 Å². The van der Waals surface area contributed by atoms with Crippen molar-refractivity contribution in [3.8, 4) is 5.75 Å². The summed E-state index contributed by atoms with van der Waals surface area (Å²) in [6.45, 7) is -0.687. The van der Waals surface area contributed by atoms with Gasteiger partial charge in [0.25, 0.3) is 0 Å². The molecule has 204 valence electrons. The number of alkyl halides is 3. The minimum absolute atomic E-state index is 0.0579. The third kappa shape index (κ3) is 7.34. The summed E-state index contributed by atoms with van der Waals surface area (Å²) in [5.74, 6) is -0.126. The highest BCUT2D eigenvalue weighted by Crippen LogP contribution is 2.27. The lowest BCUT2D eigenvalue weighted by Gasteiger charge is -2.19. The number of nitrogens with zero attached hydrogens (tertiary/aromatic N) is 2. The highest BCUT2D eigenvalue weighted by atomic mass is 19.4. The Hall–Kier alpha value is -3.40. The van der Waals surface area contributed by atoms with E-state index < -0.39 is 24.9 Å². The number of hydrogen-bond acceptors (Lipinski definition) is 6. The first-order chi connectivity index (χ1) is 18.2. The second-order valence-electron chi connectivity index (χ2n) is 9.45. The zero-order valence-corrected chi connectivity index (χ0v) is 21.2. The van der Waals surface area contributed by atoms with Crippen LogP contribution in [0.25, 0.3) is 11.0 Å². The Morgan fingerprint density at radius 2 is 1.79 bits per heavy atom. The van der Waals surface area contributed by atoms with Gasteiger partial charge < -0.3 is 18.8 Å². The number of fused-ring (bicyclic) bond motifs is 1. The number of carbonyl (C=O) groups excluding carboxylic acids is 2. The number of rotatable bonds is 11. The first-order valence-electron chi connectivity index (χ1n) is 12.7. The third-order valence-corrected chi connectivity index (χ3v) is 6.70. The van der Waals surface area contributed by atoms with Gasteiger partial charge in [0.05, 0.1) is 13.7 Å². The van der Waals surface area contributed by atoms with Crippen LogP contribution in [0.15, 0.2) is 48.7 Å². The fourth-order valence-corrected chi connectivity index (χ4v) is 4.69. The van der Waals surface area contributed by atoms with Crippen LogP contribution in [0.5, 0.6) is 5.75 Å². The van der Waals surface area contributed by atoms with Gasteiger partial charge in [-0.3, -0.25) is 4.79 Å². The number of ether oxygens (including phenoxy) is 3. The Morgan fingerprint density at radius 1 is 1.05 bits per heavy atom. The molecule has 0 amide bonds. The predicted molar refractivity (Wildman–Crippen MR) is 134 cm³/mol. The number of esters is 1. The largest absolute Gasteiger partial charge is 0.492 e. The van der Waals surface area contributed by atoms with Gasteiger partial charge in [0.15, 0.2) is 11.9 Å². The zero-order chi connectivity index (χ0) is 27.1. The number of aromatic nitrogens is 2. The molecule has 0 saturated heterocycles. The molecule has 1 aliphatic carbocycles. The Kier molecular flexibility index (Phi) is 9.04. The average Bonchev–Trinajstić information content (AvgIpc) is 3.33. The Labute approximate surface area is 218 Å². The molecule has 1 unspecified atom stereocenters. The fourth-order valence-electron chi connectivity index (χ4n) is 4.69. The van der Waals surface area contributed by atoms with E-state index in [1.165, 1.54) is 6.42 Å². The van der Waals surface area contributed by atoms with E-state index in [0.29, 0.717) is 30.2 Å². The summed E-state index contributed by atoms with van der Waals surface area (Å²) in [4.78, 5) is 29.4. The molecule has 10 heteroatoms. The molecule has 0 spiro atoms. The molecule has 1 fully saturated rings. The van der Waals surface area contributed by atoms with Crippen LogP contribution in [0.4, 0.5) is 13.2 Å². The molecular weight excluding hydrogens is 501 g/mol. The smallest absolute Gasteiger partial charge is 0.411 e. The van der Waals surface area contributed by atoms with Crippen LogP contribution < -0.4 is 4.74 Å². The highest BCUT2D eigenvalue weighted by molar-refractivity contribution is 5.97. The molecule has 1 atom stereocenters. The van der Waals surface area contributed by atoms with Gasteiger partial charge in [-0.2, -0.15) is 13.2 Å². The van der Waals surface area contributed by atoms with E-state index in [2.05, 4.69) is 9.72 Å². The van der Waals surface area contributed by atoms with Crippen molar-refractivity contribution in [2.75, 3.05) is 20.3 Å². The summed E-state index contributed by atoms with van der Waals surface area (Å²) in [5.41, 5.74) is 1.84. The summed E-state index contributed by atoms with van der Waals surface area (Å²) in [6, 6.07) is 12.4. The maximum atomic E-state index is 12.9. The lowest BCUT2D eigenvalue weighted by Crippen LogP contribution is -2.32. The van der Waals surface area contributed by atoms with Gasteiger partial charge in [-0.25, -0.2) is 9.78 Å². The van der Waals surface area contributed by atoms with E-state index in [4.69, 9.17) is 9.47 Å². The number of Topliss-reactive ketones (excluding diaryl/α,β-unsaturated/α-hetero) is 1. The molecule has 3 aromatic rings. The number of benzene rings is 1. The number of halogens is 3. The predicted octanol–water partition coefficient (Wildman–Crippen LogP) is 5.54. The number of pyridine rings is 1. The van der Waals surface area contributed by atoms with Crippen molar-refractivity contribution in [2.24, 2.45) is 5.92 Å². The van der Waals surface area contributed by atoms with Crippen LogP contribution in [-0.2, 0) is 27.2 Å². The average molecular weight is 533 g/mol. The first-order valence-corrected chi connectivity index (χ1v) is 12.7. The van der Waals surface area contributed by atoms with Crippen molar-refractivity contribution in [1.82, 2.24) is 9.55 Å². The number of ketones is 1. The molecule has 1 aromatic carbocycles. The molecule has 7 nitrogen and oxygen atoms in total. The second-order valence-corrected chi connectivity index (χ2v) is 9.45. The van der Waals surface area contributed by atoms with E-state index in [9.17, 15) is 22.8 Å². The number of carbonyl (C=O) groups is 2. The molecule has 0 bridgehead atoms. The topological polar surface area (TPSA) is 79.7 Å². The first kappa shape index (κ1) is 27.6. The van der Waals surface area contributed by atoms with Crippen LogP contribution in [0.3, 0.4) is 0 Å². The molecule has 2 heterocycles. The fraction of sp³-hybridized carbons (Fsp3) is 0.464. The normalized spacial score (nSPS) is 15.4. The van der Waals surface area contributed by atoms with Crippen molar-refractivity contribution in [1.29, 1.82) is 0 Å². The molecule has 0 N–H and O–H groups in total. The number of hydrogen-bond donors (Lipinski definition) is 0. The molecule has 1 aliphatic rings. The van der Waals surface area contributed by atoms with Gasteiger partial charge in [0.2, 0.25) is 0 Å². The standard InChI is InChI=1S/C28H31F3N2O5/c1-36-27(35)24(38-18-28(29,30)31)17-19-7-10-22(11-8-19)37-16-15-33-14-13-21-9-12-23(32-26(21)33)25(34)20-5-3-2-4-6-20/h7-14,20,24H,2-6,15-18H2,1H3. The molecule has 0 radical (unpaired) electrons. The number of methoxy groups -OCH3 is 1. The summed E-state index contributed by atoms with van der Waals surface area (Å²) < 4.78 is 54.6. The molecule has 0 aliphatic heterocycles. The third-order valence-electron chi connectivity index (χ3n) is 6.70. The second kappa shape index (κ2) is 12.4. The summed E-state index contributed by atoms with van der Waals surface area (Å²) in [6.07, 6.45) is 1.16. The van der Waals surface area contributed by atoms with E-state index in [1.54, 1.807) is 30.3 Å². The van der Waals surface area contributed by atoms with E-state index >= 15 is 0 Å². The van der Waals surface area contributed by atoms with Gasteiger partial charge in [-0.1, -0.05) is 31.4 Å². The lowest BCUT2D eigenvalue weighted by molar-refractivity contribution is -0.193. The van der Waals surface area contributed by atoms with E-state index in [-0.39, 0.29) is 18.1 Å². The van der Waals surface area contributed by atoms with E-state index in [0.717, 1.165) is 43.8 Å². The van der Waals surface area contributed by atoms with Crippen molar-refractivity contribution in [3.63, 3.8) is 0 Å². The SMILES string of the molecule is COC(=O)C(Cc1ccc(OCCn2ccc3ccc(C(=O)C4CCCCC4)nc32)cc1)OCC(F)(F)F. The van der Waals surface area contributed by atoms with Gasteiger partial charge in [0.1, 0.15) is 30.3 Å². The summed E-state index contributed by atoms with van der Waals surface area (Å²) >= 11 is 0. The molecule has 2 aromatic heterocycles. The lowest BCUT2D eigenvalue weighted by atomic mass is 9.85. The Morgan fingerprint density at radius 3 is 2.47 bits per heavy atom. The Bertz CT molecular complexity index is 1230. The van der Waals surface area contributed by atoms with Crippen molar-refractivity contribution in [3.05, 3.63) is 59.9 Å². The molecule has 38 heavy (non-hydrogen) atoms. The quantitative estimate of drug-likeness (QED) is 0.238. The van der Waals surface area contributed by atoms with E-state index in [1.807, 2.05) is 22.9 Å². The van der Waals surface area contributed by atoms with Crippen LogP contribution in [0.2, 0.25) is 0 Å². The summed E-state index contributed by atoms with van der Waals surface area (Å²) in [7, 11) is 1.10. The van der Waals surface area contributed by atoms with Crippen molar-refractivity contribution in [2.45, 2.75) is 57.3 Å². The minimum Gasteiger partial charge on any atom is -0.492 e. The van der Waals surface area contributed by atoms with Crippen LogP contribution in [0.1, 0.15) is 48.2 Å². The van der Waals surface area contributed by atoms with Gasteiger partial charge in [0, 0.05) is 23.9 Å². The monoisotopic (exact) mass is 532 g/mol. The molecular formula is C28H31F3N2O5. The van der Waals surface area contributed by atoms with Crippen LogP contribution in [-0.4, -0.2) is 53.9 Å². The van der Waals surface area contributed by atoms with Gasteiger partial charge >= 0.3 is 12.1 Å². The maximum Gasteiger partial charge on any atom is 0.411 e. The highest BCUT2D eigenvalue weighted by Gasteiger charge is 2.32. The van der Waals surface area contributed by atoms with Crippen LogP contribution in [0, 0.1) is 5.92 Å². The maximum absolute atomic E-state index is 12.9. The molecule has 4 rings (SSSR count).